The van der Waals surface area contributed by atoms with Crippen LogP contribution in [0.4, 0.5) is 0 Å². The predicted molar refractivity (Wildman–Crippen MR) is 90.3 cm³/mol. The molecule has 2 aromatic rings. The molecule has 1 amide bonds. The van der Waals surface area contributed by atoms with E-state index < -0.39 is 0 Å². The number of thiophene rings is 1. The first kappa shape index (κ1) is 15.9. The van der Waals surface area contributed by atoms with Crippen molar-refractivity contribution in [1.82, 2.24) is 5.32 Å². The smallest absolute Gasteiger partial charge is 0.252 e. The van der Waals surface area contributed by atoms with Gasteiger partial charge in [-0.1, -0.05) is 36.1 Å². The van der Waals surface area contributed by atoms with Gasteiger partial charge in [-0.2, -0.15) is 11.3 Å². The van der Waals surface area contributed by atoms with Gasteiger partial charge in [-0.3, -0.25) is 4.79 Å². The van der Waals surface area contributed by atoms with Crippen LogP contribution in [0, 0.1) is 11.8 Å². The van der Waals surface area contributed by atoms with Crippen molar-refractivity contribution < 1.29 is 9.53 Å². The molecule has 4 heteroatoms. The average molecular weight is 311 g/mol. The third kappa shape index (κ3) is 4.80. The summed E-state index contributed by atoms with van der Waals surface area (Å²) in [7, 11) is 0. The summed E-state index contributed by atoms with van der Waals surface area (Å²) in [6.07, 6.45) is 2.61. The van der Waals surface area contributed by atoms with Gasteiger partial charge in [0, 0.05) is 5.38 Å². The Morgan fingerprint density at radius 2 is 2.18 bits per heavy atom. The van der Waals surface area contributed by atoms with E-state index in [0.717, 1.165) is 17.7 Å². The molecule has 0 atom stereocenters. The van der Waals surface area contributed by atoms with Crippen LogP contribution < -0.4 is 10.1 Å². The molecule has 1 N–H and O–H groups in total. The second-order valence-corrected chi connectivity index (χ2v) is 5.22. The molecule has 0 aliphatic rings. The number of benzene rings is 1. The van der Waals surface area contributed by atoms with Crippen LogP contribution in [-0.4, -0.2) is 19.1 Å². The van der Waals surface area contributed by atoms with Crippen LogP contribution in [0.3, 0.4) is 0 Å². The van der Waals surface area contributed by atoms with E-state index in [9.17, 15) is 4.79 Å². The number of rotatable bonds is 6. The monoisotopic (exact) mass is 311 g/mol. The molecule has 0 saturated heterocycles. The number of hydrogen-bond donors (Lipinski definition) is 1. The van der Waals surface area contributed by atoms with E-state index in [0.29, 0.717) is 18.7 Å². The number of ether oxygens (including phenoxy) is 1. The molecular formula is C18H17NO2S. The zero-order valence-corrected chi connectivity index (χ0v) is 13.0. The maximum atomic E-state index is 11.7. The van der Waals surface area contributed by atoms with Gasteiger partial charge in [-0.05, 0) is 29.5 Å². The van der Waals surface area contributed by atoms with Crippen molar-refractivity contribution in [3.63, 3.8) is 0 Å². The van der Waals surface area contributed by atoms with E-state index in [4.69, 9.17) is 4.74 Å². The molecule has 112 valence electrons. The fourth-order valence-corrected chi connectivity index (χ4v) is 2.45. The predicted octanol–water partition coefficient (Wildman–Crippen LogP) is 3.29. The Morgan fingerprint density at radius 1 is 1.32 bits per heavy atom. The number of amides is 1. The lowest BCUT2D eigenvalue weighted by atomic mass is 10.1. The average Bonchev–Trinajstić information content (AvgIpc) is 3.07. The summed E-state index contributed by atoms with van der Waals surface area (Å²) >= 11 is 1.49. The quantitative estimate of drug-likeness (QED) is 0.657. The van der Waals surface area contributed by atoms with Gasteiger partial charge in [-0.15, -0.1) is 6.58 Å². The van der Waals surface area contributed by atoms with Crippen LogP contribution in [0.25, 0.3) is 0 Å². The van der Waals surface area contributed by atoms with Gasteiger partial charge in [0.05, 0.1) is 12.1 Å². The number of carbonyl (C=O) groups excluding carboxylic acids is 1. The molecule has 0 aliphatic carbocycles. The number of carbonyl (C=O) groups is 1. The second-order valence-electron chi connectivity index (χ2n) is 4.44. The SMILES string of the molecule is C=CCc1ccccc1OCC#CCNC(=O)c1ccsc1. The van der Waals surface area contributed by atoms with E-state index >= 15 is 0 Å². The van der Waals surface area contributed by atoms with Crippen LogP contribution in [-0.2, 0) is 6.42 Å². The van der Waals surface area contributed by atoms with Crippen molar-refractivity contribution >= 4 is 17.2 Å². The Balaban J connectivity index is 1.75. The zero-order valence-electron chi connectivity index (χ0n) is 12.2. The molecular weight excluding hydrogens is 294 g/mol. The summed E-state index contributed by atoms with van der Waals surface area (Å²) in [5.74, 6) is 6.48. The van der Waals surface area contributed by atoms with E-state index in [2.05, 4.69) is 23.7 Å². The van der Waals surface area contributed by atoms with Gasteiger partial charge in [0.15, 0.2) is 0 Å². The topological polar surface area (TPSA) is 38.3 Å². The Labute approximate surface area is 134 Å². The van der Waals surface area contributed by atoms with Crippen LogP contribution in [0.15, 0.2) is 53.7 Å². The third-order valence-electron chi connectivity index (χ3n) is 2.88. The third-order valence-corrected chi connectivity index (χ3v) is 3.57. The van der Waals surface area contributed by atoms with Crippen LogP contribution in [0.1, 0.15) is 15.9 Å². The molecule has 1 aromatic carbocycles. The fourth-order valence-electron chi connectivity index (χ4n) is 1.82. The number of hydrogen-bond acceptors (Lipinski definition) is 3. The first-order valence-corrected chi connectivity index (χ1v) is 7.83. The molecule has 22 heavy (non-hydrogen) atoms. The number of nitrogens with one attached hydrogen (secondary N) is 1. The molecule has 0 bridgehead atoms. The highest BCUT2D eigenvalue weighted by Crippen LogP contribution is 2.18. The largest absolute Gasteiger partial charge is 0.481 e. The molecule has 0 fully saturated rings. The van der Waals surface area contributed by atoms with Gasteiger partial charge in [0.2, 0.25) is 0 Å². The van der Waals surface area contributed by atoms with Crippen LogP contribution in [0.2, 0.25) is 0 Å². The molecule has 0 aliphatic heterocycles. The lowest BCUT2D eigenvalue weighted by Crippen LogP contribution is -2.23. The zero-order chi connectivity index (χ0) is 15.6. The normalized spacial score (nSPS) is 9.45. The Kier molecular flexibility index (Phi) is 6.28. The standard InChI is InChI=1S/C18H17NO2S/c1-2-7-15-8-3-4-9-17(15)21-12-6-5-11-19-18(20)16-10-13-22-14-16/h2-4,8-10,13-14H,1,7,11-12H2,(H,19,20). The molecule has 1 heterocycles. The maximum absolute atomic E-state index is 11.7. The molecule has 0 saturated carbocycles. The minimum Gasteiger partial charge on any atom is -0.481 e. The highest BCUT2D eigenvalue weighted by atomic mass is 32.1. The summed E-state index contributed by atoms with van der Waals surface area (Å²) in [6.45, 7) is 4.34. The molecule has 0 unspecified atom stereocenters. The van der Waals surface area contributed by atoms with E-state index in [1.165, 1.54) is 11.3 Å². The highest BCUT2D eigenvalue weighted by molar-refractivity contribution is 7.08. The summed E-state index contributed by atoms with van der Waals surface area (Å²) < 4.78 is 5.64. The van der Waals surface area contributed by atoms with Crippen LogP contribution >= 0.6 is 11.3 Å². The molecule has 1 aromatic heterocycles. The molecule has 2 rings (SSSR count). The van der Waals surface area contributed by atoms with Gasteiger partial charge in [0.25, 0.3) is 5.91 Å². The first-order valence-electron chi connectivity index (χ1n) is 6.89. The van der Waals surface area contributed by atoms with E-state index in [1.54, 1.807) is 6.07 Å². The van der Waals surface area contributed by atoms with E-state index in [1.807, 2.05) is 41.1 Å². The number of allylic oxidation sites excluding steroid dienone is 1. The van der Waals surface area contributed by atoms with Crippen molar-refractivity contribution in [2.75, 3.05) is 13.2 Å². The summed E-state index contributed by atoms with van der Waals surface area (Å²) in [5, 5.41) is 6.42. The minimum absolute atomic E-state index is 0.104. The Morgan fingerprint density at radius 3 is 2.95 bits per heavy atom. The molecule has 0 spiro atoms. The highest BCUT2D eigenvalue weighted by Gasteiger charge is 2.02. The van der Waals surface area contributed by atoms with Crippen molar-refractivity contribution in [2.24, 2.45) is 0 Å². The Bertz CT molecular complexity index is 681. The van der Waals surface area contributed by atoms with Crippen LogP contribution in [0.5, 0.6) is 5.75 Å². The first-order chi connectivity index (χ1) is 10.8. The van der Waals surface area contributed by atoms with E-state index in [-0.39, 0.29) is 5.91 Å². The fraction of sp³-hybridized carbons (Fsp3) is 0.167. The van der Waals surface area contributed by atoms with Gasteiger partial charge < -0.3 is 10.1 Å². The van der Waals surface area contributed by atoms with Gasteiger partial charge in [-0.25, -0.2) is 0 Å². The summed E-state index contributed by atoms with van der Waals surface area (Å²) in [5.41, 5.74) is 1.76. The lowest BCUT2D eigenvalue weighted by Gasteiger charge is -2.07. The summed E-state index contributed by atoms with van der Waals surface area (Å²) in [4.78, 5) is 11.7. The molecule has 0 radical (unpaired) electrons. The summed E-state index contributed by atoms with van der Waals surface area (Å²) in [6, 6.07) is 9.60. The van der Waals surface area contributed by atoms with Gasteiger partial charge in [0.1, 0.15) is 12.4 Å². The maximum Gasteiger partial charge on any atom is 0.252 e. The molecule has 3 nitrogen and oxygen atoms in total. The van der Waals surface area contributed by atoms with Crippen molar-refractivity contribution in [3.05, 3.63) is 64.9 Å². The van der Waals surface area contributed by atoms with Crippen molar-refractivity contribution in [3.8, 4) is 17.6 Å². The van der Waals surface area contributed by atoms with Gasteiger partial charge >= 0.3 is 0 Å². The van der Waals surface area contributed by atoms with Crippen molar-refractivity contribution in [1.29, 1.82) is 0 Å². The minimum atomic E-state index is -0.104. The van der Waals surface area contributed by atoms with Crippen molar-refractivity contribution in [2.45, 2.75) is 6.42 Å². The number of para-hydroxylation sites is 1. The second kappa shape index (κ2) is 8.71. The lowest BCUT2D eigenvalue weighted by molar-refractivity contribution is 0.0959. The Hall–Kier alpha value is -2.51.